The van der Waals surface area contributed by atoms with Crippen molar-refractivity contribution in [3.8, 4) is 0 Å². The topological polar surface area (TPSA) is 23.6 Å². The fraction of sp³-hybridized carbons (Fsp3) is 0.588. The maximum absolute atomic E-state index is 11.3. The highest BCUT2D eigenvalue weighted by atomic mass is 16.1. The Bertz CT molecular complexity index is 462. The minimum atomic E-state index is 0.143. The van der Waals surface area contributed by atoms with Crippen LogP contribution >= 0.6 is 0 Å². The van der Waals surface area contributed by atoms with Gasteiger partial charge in [-0.25, -0.2) is 0 Å². The lowest BCUT2D eigenvalue weighted by Gasteiger charge is -2.32. The van der Waals surface area contributed by atoms with Crippen LogP contribution in [-0.2, 0) is 0 Å². The Balaban J connectivity index is 1.62. The highest BCUT2D eigenvalue weighted by Gasteiger charge is 2.28. The van der Waals surface area contributed by atoms with Crippen molar-refractivity contribution in [3.63, 3.8) is 0 Å². The van der Waals surface area contributed by atoms with Gasteiger partial charge in [0.05, 0.1) is 0 Å². The van der Waals surface area contributed by atoms with E-state index in [4.69, 9.17) is 0 Å². The van der Waals surface area contributed by atoms with Crippen LogP contribution in [0.2, 0.25) is 0 Å². The number of nitrogens with zero attached hydrogens (tertiary/aromatic N) is 2. The van der Waals surface area contributed by atoms with E-state index in [-0.39, 0.29) is 5.78 Å². The third-order valence-electron chi connectivity index (χ3n) is 4.71. The largest absolute Gasteiger partial charge is 0.370 e. The number of likely N-dealkylation sites (tertiary alicyclic amines) is 1. The van der Waals surface area contributed by atoms with Gasteiger partial charge < -0.3 is 4.90 Å². The number of ketones is 1. The lowest BCUT2D eigenvalue weighted by Crippen LogP contribution is -2.40. The van der Waals surface area contributed by atoms with Crippen molar-refractivity contribution in [2.45, 2.75) is 38.6 Å². The molecule has 0 spiro atoms. The van der Waals surface area contributed by atoms with Gasteiger partial charge in [-0.05, 0) is 63.5 Å². The zero-order valence-corrected chi connectivity index (χ0v) is 12.3. The molecule has 2 saturated heterocycles. The van der Waals surface area contributed by atoms with Crippen LogP contribution in [-0.4, -0.2) is 42.9 Å². The highest BCUT2D eigenvalue weighted by molar-refractivity contribution is 5.94. The van der Waals surface area contributed by atoms with E-state index in [0.717, 1.165) is 24.7 Å². The summed E-state index contributed by atoms with van der Waals surface area (Å²) < 4.78 is 0. The summed E-state index contributed by atoms with van der Waals surface area (Å²) in [5.74, 6) is 0.143. The number of carbonyl (C=O) groups is 1. The maximum atomic E-state index is 11.3. The van der Waals surface area contributed by atoms with Gasteiger partial charge in [-0.1, -0.05) is 6.42 Å². The number of hydrogen-bond acceptors (Lipinski definition) is 3. The molecule has 0 aromatic heterocycles. The zero-order chi connectivity index (χ0) is 13.9. The molecule has 3 rings (SSSR count). The fourth-order valence-electron chi connectivity index (χ4n) is 3.46. The first-order chi connectivity index (χ1) is 9.74. The molecule has 0 aliphatic carbocycles. The molecule has 2 fully saturated rings. The summed E-state index contributed by atoms with van der Waals surface area (Å²) in [6.07, 6.45) is 5.40. The van der Waals surface area contributed by atoms with Crippen molar-refractivity contribution in [2.24, 2.45) is 0 Å². The Morgan fingerprint density at radius 2 is 1.75 bits per heavy atom. The number of rotatable bonds is 3. The zero-order valence-electron chi connectivity index (χ0n) is 12.3. The molecule has 1 atom stereocenters. The summed E-state index contributed by atoms with van der Waals surface area (Å²) in [6, 6.07) is 8.81. The second-order valence-corrected chi connectivity index (χ2v) is 6.09. The Kier molecular flexibility index (Phi) is 4.06. The number of piperidine rings is 1. The van der Waals surface area contributed by atoms with Gasteiger partial charge in [0.2, 0.25) is 0 Å². The molecule has 0 bridgehead atoms. The third kappa shape index (κ3) is 2.88. The minimum Gasteiger partial charge on any atom is -0.370 e. The van der Waals surface area contributed by atoms with E-state index in [1.807, 2.05) is 12.1 Å². The minimum absolute atomic E-state index is 0.143. The quantitative estimate of drug-likeness (QED) is 0.790. The van der Waals surface area contributed by atoms with Crippen LogP contribution < -0.4 is 4.90 Å². The van der Waals surface area contributed by atoms with Gasteiger partial charge in [-0.3, -0.25) is 9.69 Å². The van der Waals surface area contributed by atoms with Crippen LogP contribution in [0.25, 0.3) is 0 Å². The van der Waals surface area contributed by atoms with Crippen molar-refractivity contribution in [1.82, 2.24) is 4.90 Å². The molecule has 3 heteroatoms. The fourth-order valence-corrected chi connectivity index (χ4v) is 3.46. The van der Waals surface area contributed by atoms with Gasteiger partial charge >= 0.3 is 0 Å². The molecule has 0 radical (unpaired) electrons. The SMILES string of the molecule is CC(=O)c1ccc(N2CCC(N3CCCCC3)C2)cc1. The first-order valence-electron chi connectivity index (χ1n) is 7.84. The molecule has 1 unspecified atom stereocenters. The van der Waals surface area contributed by atoms with Crippen LogP contribution in [0.5, 0.6) is 0 Å². The van der Waals surface area contributed by atoms with Crippen molar-refractivity contribution in [2.75, 3.05) is 31.1 Å². The van der Waals surface area contributed by atoms with Crippen molar-refractivity contribution in [1.29, 1.82) is 0 Å². The predicted octanol–water partition coefficient (Wildman–Crippen LogP) is 2.95. The number of carbonyl (C=O) groups excluding carboxylic acids is 1. The Hall–Kier alpha value is -1.35. The lowest BCUT2D eigenvalue weighted by molar-refractivity contribution is 0.101. The molecule has 1 aromatic rings. The van der Waals surface area contributed by atoms with Crippen molar-refractivity contribution >= 4 is 11.5 Å². The molecule has 0 saturated carbocycles. The van der Waals surface area contributed by atoms with Gasteiger partial charge in [0.15, 0.2) is 5.78 Å². The summed E-state index contributed by atoms with van der Waals surface area (Å²) in [5, 5.41) is 0. The van der Waals surface area contributed by atoms with Crippen LogP contribution in [0.3, 0.4) is 0 Å². The van der Waals surface area contributed by atoms with Crippen molar-refractivity contribution in [3.05, 3.63) is 29.8 Å². The molecule has 20 heavy (non-hydrogen) atoms. The van der Waals surface area contributed by atoms with Crippen LogP contribution in [0.4, 0.5) is 5.69 Å². The first kappa shape index (κ1) is 13.6. The van der Waals surface area contributed by atoms with E-state index in [1.165, 1.54) is 44.5 Å². The average Bonchev–Trinajstić information content (AvgIpc) is 2.98. The van der Waals surface area contributed by atoms with E-state index in [1.54, 1.807) is 6.92 Å². The van der Waals surface area contributed by atoms with Gasteiger partial charge in [0.1, 0.15) is 0 Å². The van der Waals surface area contributed by atoms with Gasteiger partial charge in [-0.15, -0.1) is 0 Å². The first-order valence-corrected chi connectivity index (χ1v) is 7.84. The molecular weight excluding hydrogens is 248 g/mol. The Morgan fingerprint density at radius 1 is 1.05 bits per heavy atom. The Morgan fingerprint density at radius 3 is 2.40 bits per heavy atom. The summed E-state index contributed by atoms with van der Waals surface area (Å²) in [5.41, 5.74) is 2.06. The van der Waals surface area contributed by atoms with E-state index >= 15 is 0 Å². The summed E-state index contributed by atoms with van der Waals surface area (Å²) in [7, 11) is 0. The van der Waals surface area contributed by atoms with Gasteiger partial charge in [0, 0.05) is 30.4 Å². The molecule has 1 aromatic carbocycles. The predicted molar refractivity (Wildman–Crippen MR) is 82.5 cm³/mol. The molecule has 0 amide bonds. The van der Waals surface area contributed by atoms with Gasteiger partial charge in [0.25, 0.3) is 0 Å². The monoisotopic (exact) mass is 272 g/mol. The van der Waals surface area contributed by atoms with Crippen LogP contribution in [0.15, 0.2) is 24.3 Å². The Labute approximate surface area is 121 Å². The van der Waals surface area contributed by atoms with E-state index < -0.39 is 0 Å². The summed E-state index contributed by atoms with van der Waals surface area (Å²) in [6.45, 7) is 6.46. The van der Waals surface area contributed by atoms with Crippen molar-refractivity contribution < 1.29 is 4.79 Å². The van der Waals surface area contributed by atoms with E-state index in [2.05, 4.69) is 21.9 Å². The number of hydrogen-bond donors (Lipinski definition) is 0. The highest BCUT2D eigenvalue weighted by Crippen LogP contribution is 2.25. The van der Waals surface area contributed by atoms with E-state index in [0.29, 0.717) is 0 Å². The molecule has 3 nitrogen and oxygen atoms in total. The molecule has 2 aliphatic rings. The molecular formula is C17H24N2O. The van der Waals surface area contributed by atoms with Crippen LogP contribution in [0, 0.1) is 0 Å². The molecule has 108 valence electrons. The smallest absolute Gasteiger partial charge is 0.159 e. The average molecular weight is 272 g/mol. The normalized spacial score (nSPS) is 24.1. The number of anilines is 1. The number of benzene rings is 1. The van der Waals surface area contributed by atoms with Gasteiger partial charge in [-0.2, -0.15) is 0 Å². The molecule has 2 heterocycles. The summed E-state index contributed by atoms with van der Waals surface area (Å²) in [4.78, 5) is 16.5. The maximum Gasteiger partial charge on any atom is 0.159 e. The molecule has 0 N–H and O–H groups in total. The second-order valence-electron chi connectivity index (χ2n) is 6.09. The summed E-state index contributed by atoms with van der Waals surface area (Å²) >= 11 is 0. The lowest BCUT2D eigenvalue weighted by atomic mass is 10.1. The standard InChI is InChI=1S/C17H24N2O/c1-14(20)15-5-7-16(8-6-15)19-12-9-17(13-19)18-10-3-2-4-11-18/h5-8,17H,2-4,9-13H2,1H3. The second kappa shape index (κ2) is 5.96. The molecule has 2 aliphatic heterocycles. The third-order valence-corrected chi connectivity index (χ3v) is 4.71. The van der Waals surface area contributed by atoms with E-state index in [9.17, 15) is 4.79 Å². The number of Topliss-reactive ketones (excluding diaryl/α,β-unsaturated/α-hetero) is 1. The van der Waals surface area contributed by atoms with Crippen LogP contribution in [0.1, 0.15) is 43.0 Å².